The number of thioether (sulfide) groups is 1. The summed E-state index contributed by atoms with van der Waals surface area (Å²) >= 11 is 1.89. The number of hydrogen-bond donors (Lipinski definition) is 0. The lowest BCUT2D eigenvalue weighted by atomic mass is 10.1. The normalized spacial score (nSPS) is 13.6. The summed E-state index contributed by atoms with van der Waals surface area (Å²) in [6.07, 6.45) is 3.38. The Balaban J connectivity index is 2.40. The van der Waals surface area contributed by atoms with Crippen molar-refractivity contribution < 1.29 is 0 Å². The van der Waals surface area contributed by atoms with E-state index in [1.165, 1.54) is 11.1 Å². The van der Waals surface area contributed by atoms with Gasteiger partial charge in [-0.05, 0) is 18.1 Å². The number of rotatable bonds is 3. The number of aromatic nitrogens is 3. The zero-order valence-electron chi connectivity index (χ0n) is 11.3. The zero-order valence-corrected chi connectivity index (χ0v) is 12.1. The van der Waals surface area contributed by atoms with Gasteiger partial charge in [-0.25, -0.2) is 9.67 Å². The number of hydrogen-bond acceptors (Lipinski definition) is 3. The summed E-state index contributed by atoms with van der Waals surface area (Å²) in [7, 11) is 0. The van der Waals surface area contributed by atoms with Crippen LogP contribution in [0.15, 0.2) is 36.9 Å². The minimum atomic E-state index is 0.166. The van der Waals surface area contributed by atoms with Crippen LogP contribution in [0, 0.1) is 6.92 Å². The summed E-state index contributed by atoms with van der Waals surface area (Å²) < 4.78 is 2.09. The third-order valence-corrected chi connectivity index (χ3v) is 4.00. The van der Waals surface area contributed by atoms with E-state index in [1.807, 2.05) is 16.4 Å². The van der Waals surface area contributed by atoms with Gasteiger partial charge in [0.2, 0.25) is 0 Å². The Morgan fingerprint density at radius 1 is 1.22 bits per heavy atom. The van der Waals surface area contributed by atoms with Crippen molar-refractivity contribution in [1.82, 2.24) is 14.8 Å². The standard InChI is InChI=1S/C14H19N3S/c1-11-7-5-6-8-12(11)13(18-14(2,3)4)17-10-15-9-16-17/h5-10,13H,1-4H3. The maximum Gasteiger partial charge on any atom is 0.137 e. The molecule has 0 fully saturated rings. The van der Waals surface area contributed by atoms with Crippen molar-refractivity contribution in [2.24, 2.45) is 0 Å². The summed E-state index contributed by atoms with van der Waals surface area (Å²) in [5, 5.41) is 4.48. The molecule has 0 saturated carbocycles. The third kappa shape index (κ3) is 3.13. The number of benzene rings is 1. The topological polar surface area (TPSA) is 30.7 Å². The van der Waals surface area contributed by atoms with Crippen molar-refractivity contribution in [3.05, 3.63) is 48.0 Å². The molecule has 0 aliphatic heterocycles. The molecular formula is C14H19N3S. The third-order valence-electron chi connectivity index (χ3n) is 2.60. The van der Waals surface area contributed by atoms with Gasteiger partial charge >= 0.3 is 0 Å². The Labute approximate surface area is 113 Å². The molecule has 1 aromatic carbocycles. The van der Waals surface area contributed by atoms with Crippen LogP contribution in [0.2, 0.25) is 0 Å². The Morgan fingerprint density at radius 2 is 1.94 bits per heavy atom. The largest absolute Gasteiger partial charge is 0.235 e. The van der Waals surface area contributed by atoms with Crippen LogP contribution in [0.1, 0.15) is 37.3 Å². The molecule has 96 valence electrons. The fourth-order valence-corrected chi connectivity index (χ4v) is 3.08. The van der Waals surface area contributed by atoms with Crippen LogP contribution < -0.4 is 0 Å². The lowest BCUT2D eigenvalue weighted by Gasteiger charge is -2.27. The lowest BCUT2D eigenvalue weighted by molar-refractivity contribution is 0.652. The minimum absolute atomic E-state index is 0.166. The zero-order chi connectivity index (χ0) is 13.2. The molecule has 18 heavy (non-hydrogen) atoms. The van der Waals surface area contributed by atoms with Gasteiger partial charge in [0.05, 0.1) is 0 Å². The fourth-order valence-electron chi connectivity index (χ4n) is 1.80. The predicted octanol–water partition coefficient (Wildman–Crippen LogP) is 3.67. The van der Waals surface area contributed by atoms with Gasteiger partial charge in [0.25, 0.3) is 0 Å². The SMILES string of the molecule is Cc1ccccc1C(SC(C)(C)C)n1cncn1. The molecule has 0 aliphatic carbocycles. The average Bonchev–Trinajstić information content (AvgIpc) is 2.79. The summed E-state index contributed by atoms with van der Waals surface area (Å²) in [5.41, 5.74) is 2.58. The monoisotopic (exact) mass is 261 g/mol. The Hall–Kier alpha value is -1.29. The molecule has 4 heteroatoms. The van der Waals surface area contributed by atoms with E-state index in [4.69, 9.17) is 0 Å². The van der Waals surface area contributed by atoms with Crippen molar-refractivity contribution in [1.29, 1.82) is 0 Å². The van der Waals surface area contributed by atoms with Crippen LogP contribution in [-0.2, 0) is 0 Å². The molecule has 0 saturated heterocycles. The first kappa shape index (κ1) is 13.1. The molecule has 0 bridgehead atoms. The predicted molar refractivity (Wildman–Crippen MR) is 76.7 cm³/mol. The molecule has 1 unspecified atom stereocenters. The second-order valence-electron chi connectivity index (χ2n) is 5.31. The van der Waals surface area contributed by atoms with Crippen LogP contribution >= 0.6 is 11.8 Å². The second kappa shape index (κ2) is 5.14. The van der Waals surface area contributed by atoms with Gasteiger partial charge in [0.1, 0.15) is 18.0 Å². The molecule has 2 aromatic rings. The minimum Gasteiger partial charge on any atom is -0.235 e. The summed E-state index contributed by atoms with van der Waals surface area (Å²) in [5.74, 6) is 0. The molecular weight excluding hydrogens is 242 g/mol. The molecule has 0 spiro atoms. The highest BCUT2D eigenvalue weighted by atomic mass is 32.2. The van der Waals surface area contributed by atoms with E-state index in [0.29, 0.717) is 0 Å². The molecule has 0 radical (unpaired) electrons. The average molecular weight is 261 g/mol. The van der Waals surface area contributed by atoms with Crippen molar-refractivity contribution in [3.63, 3.8) is 0 Å². The van der Waals surface area contributed by atoms with Gasteiger partial charge in [-0.2, -0.15) is 5.10 Å². The van der Waals surface area contributed by atoms with Gasteiger partial charge < -0.3 is 0 Å². The van der Waals surface area contributed by atoms with Crippen molar-refractivity contribution >= 4 is 11.8 Å². The highest BCUT2D eigenvalue weighted by Gasteiger charge is 2.23. The fraction of sp³-hybridized carbons (Fsp3) is 0.429. The highest BCUT2D eigenvalue weighted by Crippen LogP contribution is 2.39. The number of aryl methyl sites for hydroxylation is 1. The molecule has 0 aliphatic rings. The molecule has 2 rings (SSSR count). The molecule has 0 amide bonds. The van der Waals surface area contributed by atoms with Crippen molar-refractivity contribution in [2.45, 2.75) is 37.8 Å². The van der Waals surface area contributed by atoms with Gasteiger partial charge in [-0.3, -0.25) is 0 Å². The van der Waals surface area contributed by atoms with Crippen LogP contribution in [-0.4, -0.2) is 19.5 Å². The highest BCUT2D eigenvalue weighted by molar-refractivity contribution is 8.00. The lowest BCUT2D eigenvalue weighted by Crippen LogP contribution is -2.17. The van der Waals surface area contributed by atoms with Crippen LogP contribution in [0.5, 0.6) is 0 Å². The second-order valence-corrected chi connectivity index (χ2v) is 7.22. The first-order valence-electron chi connectivity index (χ1n) is 6.05. The van der Waals surface area contributed by atoms with Crippen molar-refractivity contribution in [2.75, 3.05) is 0 Å². The van der Waals surface area contributed by atoms with Gasteiger partial charge in [0, 0.05) is 4.75 Å². The first-order chi connectivity index (χ1) is 8.47. The van der Waals surface area contributed by atoms with Gasteiger partial charge in [-0.1, -0.05) is 45.0 Å². The molecule has 1 heterocycles. The summed E-state index contributed by atoms with van der Waals surface area (Å²) in [4.78, 5) is 4.07. The molecule has 3 nitrogen and oxygen atoms in total. The quantitative estimate of drug-likeness (QED) is 0.844. The smallest absolute Gasteiger partial charge is 0.137 e. The Morgan fingerprint density at radius 3 is 2.50 bits per heavy atom. The maximum atomic E-state index is 4.30. The van der Waals surface area contributed by atoms with Crippen LogP contribution in [0.3, 0.4) is 0 Å². The van der Waals surface area contributed by atoms with E-state index >= 15 is 0 Å². The Bertz CT molecular complexity index is 500. The summed E-state index contributed by atoms with van der Waals surface area (Å²) in [6.45, 7) is 8.81. The maximum absolute atomic E-state index is 4.30. The van der Waals surface area contributed by atoms with Crippen LogP contribution in [0.4, 0.5) is 0 Å². The summed E-state index contributed by atoms with van der Waals surface area (Å²) in [6, 6.07) is 8.46. The number of nitrogens with zero attached hydrogens (tertiary/aromatic N) is 3. The van der Waals surface area contributed by atoms with E-state index in [2.05, 4.69) is 62.0 Å². The van der Waals surface area contributed by atoms with E-state index in [0.717, 1.165) is 0 Å². The van der Waals surface area contributed by atoms with Crippen molar-refractivity contribution in [3.8, 4) is 0 Å². The van der Waals surface area contributed by atoms with E-state index < -0.39 is 0 Å². The molecule has 1 aromatic heterocycles. The first-order valence-corrected chi connectivity index (χ1v) is 6.93. The molecule has 1 atom stereocenters. The molecule has 0 N–H and O–H groups in total. The van der Waals surface area contributed by atoms with Gasteiger partial charge in [-0.15, -0.1) is 11.8 Å². The van der Waals surface area contributed by atoms with Crippen LogP contribution in [0.25, 0.3) is 0 Å². The van der Waals surface area contributed by atoms with Gasteiger partial charge in [0.15, 0.2) is 0 Å². The Kier molecular flexibility index (Phi) is 3.76. The van der Waals surface area contributed by atoms with E-state index in [-0.39, 0.29) is 10.1 Å². The van der Waals surface area contributed by atoms with E-state index in [1.54, 1.807) is 12.7 Å². The van der Waals surface area contributed by atoms with E-state index in [9.17, 15) is 0 Å².